The summed E-state index contributed by atoms with van der Waals surface area (Å²) in [6.07, 6.45) is 2.29. The standard InChI is InChI=1S/C10H18N4/c1-4-5-7(2)12-9-6-8(3)13-10(11)14-9/h6-7H,4-5H2,1-3H3,(H3,11,12,13,14). The van der Waals surface area contributed by atoms with Gasteiger partial charge in [0.2, 0.25) is 5.95 Å². The van der Waals surface area contributed by atoms with E-state index in [1.807, 2.05) is 13.0 Å². The molecule has 0 aliphatic rings. The molecule has 0 saturated carbocycles. The number of nitrogens with zero attached hydrogens (tertiary/aromatic N) is 2. The fourth-order valence-electron chi connectivity index (χ4n) is 1.42. The minimum atomic E-state index is 0.330. The van der Waals surface area contributed by atoms with Gasteiger partial charge >= 0.3 is 0 Å². The fourth-order valence-corrected chi connectivity index (χ4v) is 1.42. The third-order valence-electron chi connectivity index (χ3n) is 1.99. The Bertz CT molecular complexity index is 278. The molecule has 0 bridgehead atoms. The van der Waals surface area contributed by atoms with Crippen LogP contribution in [0, 0.1) is 6.92 Å². The molecule has 4 nitrogen and oxygen atoms in total. The molecule has 0 spiro atoms. The molecule has 0 aromatic carbocycles. The molecule has 0 saturated heterocycles. The van der Waals surface area contributed by atoms with E-state index in [9.17, 15) is 0 Å². The molecule has 1 aromatic rings. The summed E-state index contributed by atoms with van der Waals surface area (Å²) in [6.45, 7) is 6.21. The largest absolute Gasteiger partial charge is 0.368 e. The maximum Gasteiger partial charge on any atom is 0.222 e. The number of nitrogen functional groups attached to an aromatic ring is 1. The van der Waals surface area contributed by atoms with Crippen LogP contribution in [0.2, 0.25) is 0 Å². The summed E-state index contributed by atoms with van der Waals surface area (Å²) in [6, 6.07) is 2.33. The van der Waals surface area contributed by atoms with Crippen LogP contribution in [0.15, 0.2) is 6.07 Å². The van der Waals surface area contributed by atoms with Crippen molar-refractivity contribution < 1.29 is 0 Å². The van der Waals surface area contributed by atoms with Gasteiger partial charge in [0.1, 0.15) is 5.82 Å². The molecule has 1 heterocycles. The van der Waals surface area contributed by atoms with E-state index in [-0.39, 0.29) is 0 Å². The van der Waals surface area contributed by atoms with Crippen LogP contribution in [0.4, 0.5) is 11.8 Å². The Morgan fingerprint density at radius 3 is 2.79 bits per heavy atom. The highest BCUT2D eigenvalue weighted by Crippen LogP contribution is 2.10. The Morgan fingerprint density at radius 1 is 1.50 bits per heavy atom. The predicted octanol–water partition coefficient (Wildman–Crippen LogP) is 1.97. The Labute approximate surface area is 85.0 Å². The number of aryl methyl sites for hydroxylation is 1. The van der Waals surface area contributed by atoms with Gasteiger partial charge in [-0.25, -0.2) is 4.98 Å². The van der Waals surface area contributed by atoms with E-state index >= 15 is 0 Å². The molecule has 1 unspecified atom stereocenters. The zero-order chi connectivity index (χ0) is 10.6. The maximum atomic E-state index is 5.55. The molecule has 1 atom stereocenters. The van der Waals surface area contributed by atoms with Gasteiger partial charge in [-0.15, -0.1) is 0 Å². The van der Waals surface area contributed by atoms with E-state index in [2.05, 4.69) is 29.1 Å². The highest BCUT2D eigenvalue weighted by atomic mass is 15.1. The molecule has 3 N–H and O–H groups in total. The summed E-state index contributed by atoms with van der Waals surface area (Å²) >= 11 is 0. The first kappa shape index (κ1) is 10.8. The van der Waals surface area contributed by atoms with Crippen LogP contribution in [0.5, 0.6) is 0 Å². The van der Waals surface area contributed by atoms with Crippen molar-refractivity contribution in [1.82, 2.24) is 9.97 Å². The van der Waals surface area contributed by atoms with E-state index in [0.29, 0.717) is 12.0 Å². The van der Waals surface area contributed by atoms with E-state index in [4.69, 9.17) is 5.73 Å². The molecular formula is C10H18N4. The highest BCUT2D eigenvalue weighted by Gasteiger charge is 2.03. The van der Waals surface area contributed by atoms with Gasteiger partial charge in [0.05, 0.1) is 0 Å². The van der Waals surface area contributed by atoms with Crippen LogP contribution in [-0.4, -0.2) is 16.0 Å². The first-order valence-electron chi connectivity index (χ1n) is 4.99. The first-order chi connectivity index (χ1) is 6.61. The van der Waals surface area contributed by atoms with E-state index < -0.39 is 0 Å². The van der Waals surface area contributed by atoms with Crippen molar-refractivity contribution >= 4 is 11.8 Å². The summed E-state index contributed by atoms with van der Waals surface area (Å²) in [5.41, 5.74) is 6.44. The van der Waals surface area contributed by atoms with Gasteiger partial charge in [0, 0.05) is 17.8 Å². The van der Waals surface area contributed by atoms with Crippen LogP contribution in [0.1, 0.15) is 32.4 Å². The summed E-state index contributed by atoms with van der Waals surface area (Å²) in [5.74, 6) is 1.15. The Kier molecular flexibility index (Phi) is 3.68. The lowest BCUT2D eigenvalue weighted by Gasteiger charge is -2.13. The molecule has 0 aliphatic heterocycles. The second-order valence-corrected chi connectivity index (χ2v) is 3.59. The van der Waals surface area contributed by atoms with Crippen molar-refractivity contribution in [2.75, 3.05) is 11.1 Å². The lowest BCUT2D eigenvalue weighted by Crippen LogP contribution is -2.16. The number of hydrogen-bond acceptors (Lipinski definition) is 4. The maximum absolute atomic E-state index is 5.55. The number of rotatable bonds is 4. The lowest BCUT2D eigenvalue weighted by molar-refractivity contribution is 0.687. The van der Waals surface area contributed by atoms with Crippen LogP contribution in [0.25, 0.3) is 0 Å². The quantitative estimate of drug-likeness (QED) is 0.769. The number of aromatic nitrogens is 2. The van der Waals surface area contributed by atoms with Crippen LogP contribution >= 0.6 is 0 Å². The molecule has 14 heavy (non-hydrogen) atoms. The van der Waals surface area contributed by atoms with Gasteiger partial charge in [0.15, 0.2) is 0 Å². The Balaban J connectivity index is 2.66. The average Bonchev–Trinajstić information content (AvgIpc) is 2.01. The molecule has 0 aliphatic carbocycles. The number of nitrogens with two attached hydrogens (primary N) is 1. The van der Waals surface area contributed by atoms with E-state index in [1.165, 1.54) is 0 Å². The first-order valence-corrected chi connectivity index (χ1v) is 4.99. The molecule has 0 amide bonds. The van der Waals surface area contributed by atoms with Crippen molar-refractivity contribution in [3.63, 3.8) is 0 Å². The number of anilines is 2. The zero-order valence-corrected chi connectivity index (χ0v) is 9.04. The van der Waals surface area contributed by atoms with E-state index in [1.54, 1.807) is 0 Å². The Hall–Kier alpha value is -1.32. The van der Waals surface area contributed by atoms with Gasteiger partial charge in [-0.3, -0.25) is 0 Å². The van der Waals surface area contributed by atoms with Crippen LogP contribution in [-0.2, 0) is 0 Å². The molecule has 1 rings (SSSR count). The van der Waals surface area contributed by atoms with Crippen LogP contribution in [0.3, 0.4) is 0 Å². The van der Waals surface area contributed by atoms with Crippen LogP contribution < -0.4 is 11.1 Å². The van der Waals surface area contributed by atoms with Gasteiger partial charge in [0.25, 0.3) is 0 Å². The number of hydrogen-bond donors (Lipinski definition) is 2. The monoisotopic (exact) mass is 194 g/mol. The minimum Gasteiger partial charge on any atom is -0.368 e. The van der Waals surface area contributed by atoms with Crippen molar-refractivity contribution in [2.24, 2.45) is 0 Å². The second kappa shape index (κ2) is 4.79. The van der Waals surface area contributed by atoms with Crippen molar-refractivity contribution in [1.29, 1.82) is 0 Å². The molecule has 0 fully saturated rings. The van der Waals surface area contributed by atoms with E-state index in [0.717, 1.165) is 24.4 Å². The molecule has 4 heteroatoms. The molecule has 78 valence electrons. The predicted molar refractivity (Wildman–Crippen MR) is 59.2 cm³/mol. The Morgan fingerprint density at radius 2 is 2.21 bits per heavy atom. The topological polar surface area (TPSA) is 63.8 Å². The molecular weight excluding hydrogens is 176 g/mol. The average molecular weight is 194 g/mol. The SMILES string of the molecule is CCCC(C)Nc1cc(C)nc(N)n1. The van der Waals surface area contributed by atoms with Gasteiger partial charge in [-0.1, -0.05) is 13.3 Å². The lowest BCUT2D eigenvalue weighted by atomic mass is 10.2. The molecule has 1 aromatic heterocycles. The summed E-state index contributed by atoms with van der Waals surface area (Å²) in [4.78, 5) is 8.13. The normalized spacial score (nSPS) is 12.5. The summed E-state index contributed by atoms with van der Waals surface area (Å²) < 4.78 is 0. The van der Waals surface area contributed by atoms with Crippen molar-refractivity contribution in [3.05, 3.63) is 11.8 Å². The number of nitrogens with one attached hydrogen (secondary N) is 1. The third kappa shape index (κ3) is 3.20. The zero-order valence-electron chi connectivity index (χ0n) is 9.04. The minimum absolute atomic E-state index is 0.330. The van der Waals surface area contributed by atoms with Gasteiger partial charge < -0.3 is 11.1 Å². The third-order valence-corrected chi connectivity index (χ3v) is 1.99. The van der Waals surface area contributed by atoms with Gasteiger partial charge in [-0.05, 0) is 20.3 Å². The smallest absolute Gasteiger partial charge is 0.222 e. The highest BCUT2D eigenvalue weighted by molar-refractivity contribution is 5.40. The van der Waals surface area contributed by atoms with Crippen molar-refractivity contribution in [2.45, 2.75) is 39.7 Å². The fraction of sp³-hybridized carbons (Fsp3) is 0.600. The second-order valence-electron chi connectivity index (χ2n) is 3.59. The van der Waals surface area contributed by atoms with Gasteiger partial charge in [-0.2, -0.15) is 4.98 Å². The summed E-state index contributed by atoms with van der Waals surface area (Å²) in [7, 11) is 0. The summed E-state index contributed by atoms with van der Waals surface area (Å²) in [5, 5.41) is 3.29. The van der Waals surface area contributed by atoms with Crippen molar-refractivity contribution in [3.8, 4) is 0 Å². The molecule has 0 radical (unpaired) electrons.